The van der Waals surface area contributed by atoms with Crippen LogP contribution in [-0.4, -0.2) is 80.0 Å². The molecule has 1 saturated heterocycles. The number of rotatable bonds is 9. The lowest BCUT2D eigenvalue weighted by Crippen LogP contribution is -2.53. The molecule has 1 aliphatic rings. The number of carbonyl (C=O) groups is 1. The second-order valence-corrected chi connectivity index (χ2v) is 7.54. The molecule has 1 unspecified atom stereocenters. The highest BCUT2D eigenvalue weighted by Crippen LogP contribution is 2.11. The summed E-state index contributed by atoms with van der Waals surface area (Å²) in [5.41, 5.74) is 1.02. The minimum Gasteiger partial charge on any atom is -0.387 e. The predicted molar refractivity (Wildman–Crippen MR) is 116 cm³/mol. The summed E-state index contributed by atoms with van der Waals surface area (Å²) in [4.78, 5) is 18.8. The van der Waals surface area contributed by atoms with Crippen LogP contribution >= 0.6 is 0 Å². The summed E-state index contributed by atoms with van der Waals surface area (Å²) in [5, 5.41) is 19.8. The van der Waals surface area contributed by atoms with Crippen LogP contribution < -0.4 is 16.0 Å². The van der Waals surface area contributed by atoms with Crippen molar-refractivity contribution in [3.05, 3.63) is 29.8 Å². The van der Waals surface area contributed by atoms with Gasteiger partial charge in [-0.15, -0.1) is 0 Å². The first kappa shape index (κ1) is 23.1. The number of amides is 1. The third-order valence-electron chi connectivity index (χ3n) is 4.65. The number of ether oxygens (including phenoxy) is 1. The highest BCUT2D eigenvalue weighted by atomic mass is 16.5. The quantitative estimate of drug-likeness (QED) is 0.359. The summed E-state index contributed by atoms with van der Waals surface area (Å²) in [7, 11) is 0. The number of hydrogen-bond donors (Lipinski definition) is 4. The third-order valence-corrected chi connectivity index (χ3v) is 4.65. The van der Waals surface area contributed by atoms with Gasteiger partial charge in [0.2, 0.25) is 5.91 Å². The van der Waals surface area contributed by atoms with Crippen molar-refractivity contribution in [1.29, 1.82) is 0 Å². The van der Waals surface area contributed by atoms with Gasteiger partial charge < -0.3 is 25.8 Å². The van der Waals surface area contributed by atoms with Crippen LogP contribution in [0.3, 0.4) is 0 Å². The zero-order chi connectivity index (χ0) is 21.1. The summed E-state index contributed by atoms with van der Waals surface area (Å²) < 4.78 is 5.35. The molecule has 0 bridgehead atoms. The molecule has 1 heterocycles. The van der Waals surface area contributed by atoms with Gasteiger partial charge in [-0.2, -0.15) is 0 Å². The fraction of sp³-hybridized carbons (Fsp3) is 0.619. The van der Waals surface area contributed by atoms with Crippen LogP contribution in [0, 0.1) is 0 Å². The summed E-state index contributed by atoms with van der Waals surface area (Å²) in [5.74, 6) is 0.322. The van der Waals surface area contributed by atoms with E-state index in [9.17, 15) is 9.90 Å². The average molecular weight is 406 g/mol. The van der Waals surface area contributed by atoms with Gasteiger partial charge >= 0.3 is 0 Å². The van der Waals surface area contributed by atoms with Gasteiger partial charge in [0.05, 0.1) is 18.8 Å². The van der Waals surface area contributed by atoms with Gasteiger partial charge in [0.15, 0.2) is 5.96 Å². The first-order valence-electron chi connectivity index (χ1n) is 10.4. The molecule has 1 aliphatic heterocycles. The van der Waals surface area contributed by atoms with Crippen molar-refractivity contribution in [3.8, 4) is 0 Å². The van der Waals surface area contributed by atoms with Crippen molar-refractivity contribution in [1.82, 2.24) is 15.5 Å². The lowest BCUT2D eigenvalue weighted by molar-refractivity contribution is -0.114. The number of nitrogens with zero attached hydrogens (tertiary/aromatic N) is 2. The van der Waals surface area contributed by atoms with Gasteiger partial charge in [-0.25, -0.2) is 4.99 Å². The van der Waals surface area contributed by atoms with Crippen molar-refractivity contribution in [2.24, 2.45) is 4.99 Å². The van der Waals surface area contributed by atoms with Gasteiger partial charge in [-0.1, -0.05) is 19.1 Å². The molecule has 0 spiro atoms. The molecular weight excluding hydrogens is 370 g/mol. The Balaban J connectivity index is 1.84. The molecule has 29 heavy (non-hydrogen) atoms. The Kier molecular flexibility index (Phi) is 9.37. The van der Waals surface area contributed by atoms with Crippen LogP contribution in [0.1, 0.15) is 26.3 Å². The van der Waals surface area contributed by atoms with E-state index in [1.54, 1.807) is 6.92 Å². The second kappa shape index (κ2) is 11.7. The number of aryl methyl sites for hydroxylation is 1. The zero-order valence-electron chi connectivity index (χ0n) is 17.8. The fourth-order valence-electron chi connectivity index (χ4n) is 3.13. The van der Waals surface area contributed by atoms with E-state index in [1.807, 2.05) is 31.2 Å². The number of aliphatic hydroxyl groups is 1. The van der Waals surface area contributed by atoms with E-state index in [0.717, 1.165) is 25.2 Å². The Morgan fingerprint density at radius 2 is 2.03 bits per heavy atom. The molecule has 162 valence electrons. The molecule has 2 rings (SSSR count). The predicted octanol–water partition coefficient (Wildman–Crippen LogP) is 0.826. The molecule has 1 amide bonds. The summed E-state index contributed by atoms with van der Waals surface area (Å²) >= 11 is 0. The summed E-state index contributed by atoms with van der Waals surface area (Å²) in [6.45, 7) is 10.4. The number of anilines is 1. The van der Waals surface area contributed by atoms with Gasteiger partial charge in [-0.05, 0) is 38.0 Å². The minimum atomic E-state index is -0.920. The molecule has 1 aromatic rings. The van der Waals surface area contributed by atoms with Crippen molar-refractivity contribution in [2.75, 3.05) is 57.8 Å². The Labute approximate surface area is 173 Å². The lowest BCUT2D eigenvalue weighted by atomic mass is 10.1. The number of morpholine rings is 1. The topological polar surface area (TPSA) is 98.2 Å². The standard InChI is InChI=1S/C21H35N5O3/c1-4-17-7-6-8-18(13-17)25-19(27)14-23-20(22-5-2)24-15-21(3,28)16-26-9-11-29-12-10-26/h6-8,13,28H,4-5,9-12,14-16H2,1-3H3,(H,25,27)(H2,22,23,24). The Bertz CT molecular complexity index is 672. The highest BCUT2D eigenvalue weighted by molar-refractivity contribution is 5.94. The number of hydrogen-bond acceptors (Lipinski definition) is 5. The third kappa shape index (κ3) is 8.81. The van der Waals surface area contributed by atoms with E-state index >= 15 is 0 Å². The summed E-state index contributed by atoms with van der Waals surface area (Å²) in [6.07, 6.45) is 0.917. The van der Waals surface area contributed by atoms with E-state index in [1.165, 1.54) is 5.56 Å². The molecule has 0 saturated carbocycles. The SMILES string of the molecule is CCNC(=NCC(=O)Nc1cccc(CC)c1)NCC(C)(O)CN1CCOCC1. The van der Waals surface area contributed by atoms with E-state index in [4.69, 9.17) is 4.74 Å². The molecule has 0 aromatic heterocycles. The maximum Gasteiger partial charge on any atom is 0.246 e. The largest absolute Gasteiger partial charge is 0.387 e. The molecule has 8 nitrogen and oxygen atoms in total. The number of guanidine groups is 1. The number of carbonyl (C=O) groups excluding carboxylic acids is 1. The monoisotopic (exact) mass is 405 g/mol. The van der Waals surface area contributed by atoms with Crippen molar-refractivity contribution >= 4 is 17.6 Å². The number of aliphatic imine (C=N–C) groups is 1. The Morgan fingerprint density at radius 1 is 1.28 bits per heavy atom. The van der Waals surface area contributed by atoms with Crippen LogP contribution in [0.4, 0.5) is 5.69 Å². The lowest BCUT2D eigenvalue weighted by Gasteiger charge is -2.34. The smallest absolute Gasteiger partial charge is 0.246 e. The van der Waals surface area contributed by atoms with Crippen LogP contribution in [-0.2, 0) is 16.0 Å². The van der Waals surface area contributed by atoms with Crippen LogP contribution in [0.25, 0.3) is 0 Å². The normalized spacial score (nSPS) is 17.4. The number of benzene rings is 1. The minimum absolute atomic E-state index is 0.00269. The average Bonchev–Trinajstić information content (AvgIpc) is 2.70. The maximum absolute atomic E-state index is 12.2. The summed E-state index contributed by atoms with van der Waals surface area (Å²) in [6, 6.07) is 7.80. The van der Waals surface area contributed by atoms with E-state index in [0.29, 0.717) is 38.8 Å². The van der Waals surface area contributed by atoms with E-state index in [2.05, 4.69) is 32.8 Å². The number of β-amino-alcohol motifs (C(OH)–C–C–N with tert-alkyl or cyclic N) is 1. The first-order chi connectivity index (χ1) is 13.9. The van der Waals surface area contributed by atoms with Gasteiger partial charge in [0.25, 0.3) is 0 Å². The van der Waals surface area contributed by atoms with Crippen LogP contribution in [0.15, 0.2) is 29.3 Å². The molecule has 8 heteroatoms. The van der Waals surface area contributed by atoms with Crippen LogP contribution in [0.5, 0.6) is 0 Å². The van der Waals surface area contributed by atoms with Gasteiger partial charge in [0.1, 0.15) is 6.54 Å². The highest BCUT2D eigenvalue weighted by Gasteiger charge is 2.25. The van der Waals surface area contributed by atoms with Crippen LogP contribution in [0.2, 0.25) is 0 Å². The maximum atomic E-state index is 12.2. The number of nitrogens with one attached hydrogen (secondary N) is 3. The molecule has 1 fully saturated rings. The molecule has 1 atom stereocenters. The van der Waals surface area contributed by atoms with Crippen molar-refractivity contribution in [2.45, 2.75) is 32.8 Å². The van der Waals surface area contributed by atoms with Gasteiger partial charge in [-0.3, -0.25) is 9.69 Å². The molecular formula is C21H35N5O3. The first-order valence-corrected chi connectivity index (χ1v) is 10.4. The molecule has 0 aliphatic carbocycles. The Hall–Kier alpha value is -2.16. The van der Waals surface area contributed by atoms with Crippen molar-refractivity contribution in [3.63, 3.8) is 0 Å². The molecule has 0 radical (unpaired) electrons. The Morgan fingerprint density at radius 3 is 2.72 bits per heavy atom. The van der Waals surface area contributed by atoms with E-state index in [-0.39, 0.29) is 12.5 Å². The molecule has 4 N–H and O–H groups in total. The zero-order valence-corrected chi connectivity index (χ0v) is 17.8. The fourth-order valence-corrected chi connectivity index (χ4v) is 3.13. The van der Waals surface area contributed by atoms with E-state index < -0.39 is 5.60 Å². The van der Waals surface area contributed by atoms with Crippen molar-refractivity contribution < 1.29 is 14.6 Å². The molecule has 1 aromatic carbocycles. The van der Waals surface area contributed by atoms with Gasteiger partial charge in [0, 0.05) is 38.4 Å². The second-order valence-electron chi connectivity index (χ2n) is 7.54.